The van der Waals surface area contributed by atoms with E-state index in [0.717, 1.165) is 24.4 Å². The van der Waals surface area contributed by atoms with Crippen molar-refractivity contribution in [3.05, 3.63) is 46.1 Å². The van der Waals surface area contributed by atoms with Crippen molar-refractivity contribution >= 4 is 44.8 Å². The molecule has 1 atom stereocenters. The number of halogens is 3. The summed E-state index contributed by atoms with van der Waals surface area (Å²) >= 11 is 11.6. The number of carboxylic acid groups (broad SMARTS) is 1. The lowest BCUT2D eigenvalue weighted by Crippen LogP contribution is -2.29. The Morgan fingerprint density at radius 2 is 2.08 bits per heavy atom. The van der Waals surface area contributed by atoms with Gasteiger partial charge in [-0.25, -0.2) is 22.6 Å². The van der Waals surface area contributed by atoms with E-state index in [-0.39, 0.29) is 46.1 Å². The Bertz CT molecular complexity index is 987. The number of anilines is 1. The van der Waals surface area contributed by atoms with Crippen molar-refractivity contribution in [3.8, 4) is 0 Å². The maximum atomic E-state index is 13.2. The van der Waals surface area contributed by atoms with Crippen molar-refractivity contribution in [2.24, 2.45) is 0 Å². The summed E-state index contributed by atoms with van der Waals surface area (Å²) in [4.78, 5) is 20.3. The Morgan fingerprint density at radius 1 is 1.35 bits per heavy atom. The van der Waals surface area contributed by atoms with E-state index < -0.39 is 26.9 Å². The van der Waals surface area contributed by atoms with Gasteiger partial charge >= 0.3 is 5.97 Å². The summed E-state index contributed by atoms with van der Waals surface area (Å²) in [6, 6.07) is 3.09. The van der Waals surface area contributed by atoms with Gasteiger partial charge in [0.05, 0.1) is 15.2 Å². The van der Waals surface area contributed by atoms with Crippen LogP contribution in [0, 0.1) is 5.82 Å². The molecule has 11 heteroatoms. The molecule has 0 radical (unpaired) electrons. The lowest BCUT2D eigenvalue weighted by molar-refractivity contribution is 0.0696. The third kappa shape index (κ3) is 3.46. The largest absolute Gasteiger partial charge is 0.477 e. The van der Waals surface area contributed by atoms with Gasteiger partial charge in [0.15, 0.2) is 9.84 Å². The number of rotatable bonds is 4. The fourth-order valence-corrected chi connectivity index (χ4v) is 5.16. The van der Waals surface area contributed by atoms with E-state index >= 15 is 0 Å². The molecule has 1 aromatic carbocycles. The first-order valence-corrected chi connectivity index (χ1v) is 9.70. The highest BCUT2D eigenvalue weighted by Gasteiger charge is 2.37. The second-order valence-corrected chi connectivity index (χ2v) is 8.60. The van der Waals surface area contributed by atoms with Gasteiger partial charge in [0, 0.05) is 19.3 Å². The molecule has 1 N–H and O–H groups in total. The van der Waals surface area contributed by atoms with Crippen LogP contribution in [0.2, 0.25) is 10.3 Å². The summed E-state index contributed by atoms with van der Waals surface area (Å²) in [7, 11) is -3.83. The minimum atomic E-state index is -3.83. The highest BCUT2D eigenvalue weighted by Crippen LogP contribution is 2.32. The number of nitrogens with zero attached hydrogens (tertiary/aromatic N) is 3. The highest BCUT2D eigenvalue weighted by atomic mass is 35.5. The molecule has 3 rings (SSSR count). The third-order valence-electron chi connectivity index (χ3n) is 4.05. The lowest BCUT2D eigenvalue weighted by atomic mass is 10.3. The molecule has 0 saturated carbocycles. The van der Waals surface area contributed by atoms with E-state index in [9.17, 15) is 22.7 Å². The van der Waals surface area contributed by atoms with Crippen molar-refractivity contribution in [2.75, 3.05) is 18.0 Å². The molecule has 138 valence electrons. The van der Waals surface area contributed by atoms with Crippen LogP contribution in [0.4, 0.5) is 10.2 Å². The number of aromatic carboxylic acids is 1. The molecule has 2 aromatic rings. The van der Waals surface area contributed by atoms with Crippen LogP contribution in [0.15, 0.2) is 29.3 Å². The maximum Gasteiger partial charge on any atom is 0.341 e. The van der Waals surface area contributed by atoms with Gasteiger partial charge < -0.3 is 10.0 Å². The fourth-order valence-electron chi connectivity index (χ4n) is 2.80. The standard InChI is InChI=1S/C15H12Cl2FN3O4S/c16-11-5-8(18)1-2-12(11)26(24,25)9-3-4-21(7-9)13-10(14(22)23)6-19-15(17)20-13/h1-2,5-6,9H,3-4,7H2,(H,22,23). The van der Waals surface area contributed by atoms with Gasteiger partial charge in [-0.3, -0.25) is 0 Å². The van der Waals surface area contributed by atoms with E-state index in [1.807, 2.05) is 0 Å². The Morgan fingerprint density at radius 3 is 2.73 bits per heavy atom. The topological polar surface area (TPSA) is 100 Å². The van der Waals surface area contributed by atoms with Crippen LogP contribution in [0.5, 0.6) is 0 Å². The van der Waals surface area contributed by atoms with Crippen LogP contribution >= 0.6 is 23.2 Å². The van der Waals surface area contributed by atoms with Crippen LogP contribution < -0.4 is 4.90 Å². The Labute approximate surface area is 158 Å². The lowest BCUT2D eigenvalue weighted by Gasteiger charge is -2.19. The molecule has 1 aliphatic rings. The number of hydrogen-bond donors (Lipinski definition) is 1. The Kier molecular flexibility index (Phi) is 5.05. The minimum absolute atomic E-state index is 0.00363. The van der Waals surface area contributed by atoms with Crippen LogP contribution in [-0.2, 0) is 9.84 Å². The molecule has 1 aromatic heterocycles. The van der Waals surface area contributed by atoms with Crippen molar-refractivity contribution < 1.29 is 22.7 Å². The van der Waals surface area contributed by atoms with E-state index in [0.29, 0.717) is 0 Å². The molecule has 0 aliphatic carbocycles. The number of aromatic nitrogens is 2. The van der Waals surface area contributed by atoms with Crippen molar-refractivity contribution in [3.63, 3.8) is 0 Å². The van der Waals surface area contributed by atoms with Gasteiger partial charge in [0.1, 0.15) is 17.2 Å². The first-order chi connectivity index (χ1) is 12.2. The predicted molar refractivity (Wildman–Crippen MR) is 93.2 cm³/mol. The normalized spacial score (nSPS) is 17.5. The molecular weight excluding hydrogens is 408 g/mol. The zero-order valence-electron chi connectivity index (χ0n) is 13.1. The molecule has 0 amide bonds. The highest BCUT2D eigenvalue weighted by molar-refractivity contribution is 7.92. The van der Waals surface area contributed by atoms with Crippen LogP contribution in [0.3, 0.4) is 0 Å². The molecule has 1 fully saturated rings. The zero-order chi connectivity index (χ0) is 19.1. The zero-order valence-corrected chi connectivity index (χ0v) is 15.4. The Balaban J connectivity index is 1.91. The predicted octanol–water partition coefficient (Wildman–Crippen LogP) is 2.67. The van der Waals surface area contributed by atoms with Gasteiger partial charge in [0.25, 0.3) is 0 Å². The Hall–Kier alpha value is -1.97. The van der Waals surface area contributed by atoms with Gasteiger partial charge in [-0.15, -0.1) is 0 Å². The molecule has 0 spiro atoms. The smallest absolute Gasteiger partial charge is 0.341 e. The summed E-state index contributed by atoms with van der Waals surface area (Å²) in [6.45, 7) is 0.264. The van der Waals surface area contributed by atoms with Crippen molar-refractivity contribution in [2.45, 2.75) is 16.6 Å². The molecule has 1 aliphatic heterocycles. The molecule has 0 bridgehead atoms. The summed E-state index contributed by atoms with van der Waals surface area (Å²) < 4.78 is 38.8. The van der Waals surface area contributed by atoms with E-state index in [1.54, 1.807) is 0 Å². The van der Waals surface area contributed by atoms with Crippen LogP contribution in [0.25, 0.3) is 0 Å². The molecule has 2 heterocycles. The summed E-state index contributed by atoms with van der Waals surface area (Å²) in [6.07, 6.45) is 1.31. The second-order valence-electron chi connectivity index (χ2n) is 5.66. The average molecular weight is 420 g/mol. The van der Waals surface area contributed by atoms with Crippen molar-refractivity contribution in [1.82, 2.24) is 9.97 Å². The van der Waals surface area contributed by atoms with Gasteiger partial charge in [-0.2, -0.15) is 4.98 Å². The average Bonchev–Trinajstić information content (AvgIpc) is 3.04. The third-order valence-corrected chi connectivity index (χ3v) is 6.89. The van der Waals surface area contributed by atoms with Crippen molar-refractivity contribution in [1.29, 1.82) is 0 Å². The fraction of sp³-hybridized carbons (Fsp3) is 0.267. The van der Waals surface area contributed by atoms with Gasteiger partial charge in [-0.1, -0.05) is 11.6 Å². The van der Waals surface area contributed by atoms with E-state index in [4.69, 9.17) is 23.2 Å². The minimum Gasteiger partial charge on any atom is -0.477 e. The number of benzene rings is 1. The van der Waals surface area contributed by atoms with E-state index in [2.05, 4.69) is 9.97 Å². The second kappa shape index (κ2) is 6.98. The van der Waals surface area contributed by atoms with E-state index in [1.165, 1.54) is 4.90 Å². The van der Waals surface area contributed by atoms with Crippen LogP contribution in [0.1, 0.15) is 16.8 Å². The first-order valence-electron chi connectivity index (χ1n) is 7.40. The summed E-state index contributed by atoms with van der Waals surface area (Å²) in [5, 5.41) is 8.08. The number of hydrogen-bond acceptors (Lipinski definition) is 6. The summed E-state index contributed by atoms with van der Waals surface area (Å²) in [5.74, 6) is -1.83. The molecular formula is C15H12Cl2FN3O4S. The monoisotopic (exact) mass is 419 g/mol. The van der Waals surface area contributed by atoms with Crippen LogP contribution in [-0.4, -0.2) is 47.8 Å². The first kappa shape index (κ1) is 18.8. The SMILES string of the molecule is O=C(O)c1cnc(Cl)nc1N1CCC(S(=O)(=O)c2ccc(F)cc2Cl)C1. The summed E-state index contributed by atoms with van der Waals surface area (Å²) in [5.41, 5.74) is -0.174. The number of carboxylic acids is 1. The number of sulfone groups is 1. The maximum absolute atomic E-state index is 13.2. The molecule has 1 saturated heterocycles. The van der Waals surface area contributed by atoms with Gasteiger partial charge in [-0.05, 0) is 36.2 Å². The molecule has 26 heavy (non-hydrogen) atoms. The van der Waals surface area contributed by atoms with Gasteiger partial charge in [0.2, 0.25) is 5.28 Å². The number of carbonyl (C=O) groups is 1. The molecule has 1 unspecified atom stereocenters. The molecule has 7 nitrogen and oxygen atoms in total. The quantitative estimate of drug-likeness (QED) is 0.600.